The van der Waals surface area contributed by atoms with Gasteiger partial charge in [0.05, 0.1) is 4.48 Å². The van der Waals surface area contributed by atoms with Crippen molar-refractivity contribution in [1.29, 1.82) is 0 Å². The molecule has 0 saturated carbocycles. The zero-order valence-electron chi connectivity index (χ0n) is 5.89. The normalized spacial score (nSPS) is 31.8. The Morgan fingerprint density at radius 3 is 3.00 bits per heavy atom. The molecule has 0 amide bonds. The maximum Gasteiger partial charge on any atom is 0.535 e. The smallest absolute Gasteiger partial charge is 0.410 e. The average Bonchev–Trinajstić information content (AvgIpc) is 2.25. The van der Waals surface area contributed by atoms with Crippen molar-refractivity contribution in [2.45, 2.75) is 18.8 Å². The van der Waals surface area contributed by atoms with Crippen LogP contribution < -0.4 is 0 Å². The van der Waals surface area contributed by atoms with Crippen LogP contribution in [0.1, 0.15) is 6.42 Å². The molecule has 0 aromatic heterocycles. The molecule has 1 saturated heterocycles. The largest absolute Gasteiger partial charge is 0.535 e. The van der Waals surface area contributed by atoms with Crippen LogP contribution in [-0.4, -0.2) is 12.4 Å². The Bertz CT molecular complexity index is 273. The molecule has 0 aromatic rings. The maximum absolute atomic E-state index is 12.5. The molecule has 2 rings (SSSR count). The Kier molecular flexibility index (Phi) is 1.73. The number of allylic oxidation sites excluding steroid dienone is 2. The van der Waals surface area contributed by atoms with E-state index in [1.807, 2.05) is 0 Å². The molecular weight excluding hydrogens is 234 g/mol. The van der Waals surface area contributed by atoms with E-state index in [1.165, 1.54) is 0 Å². The molecule has 1 atom stereocenters. The molecule has 0 N–H and O–H groups in total. The van der Waals surface area contributed by atoms with Gasteiger partial charge in [0.2, 0.25) is 0 Å². The van der Waals surface area contributed by atoms with Gasteiger partial charge in [0.1, 0.15) is 11.9 Å². The summed E-state index contributed by atoms with van der Waals surface area (Å²) in [6.45, 7) is 0. The van der Waals surface area contributed by atoms with Crippen molar-refractivity contribution >= 4 is 15.9 Å². The van der Waals surface area contributed by atoms with Crippen molar-refractivity contribution < 1.29 is 18.3 Å². The molecule has 1 unspecified atom stereocenters. The predicted octanol–water partition coefficient (Wildman–Crippen LogP) is 2.52. The van der Waals surface area contributed by atoms with Gasteiger partial charge < -0.3 is 4.74 Å². The van der Waals surface area contributed by atoms with Crippen LogP contribution in [-0.2, 0) is 9.47 Å². The summed E-state index contributed by atoms with van der Waals surface area (Å²) in [5.74, 6) is 0.183. The van der Waals surface area contributed by atoms with Crippen LogP contribution in [0, 0.1) is 0 Å². The van der Waals surface area contributed by atoms with E-state index in [2.05, 4.69) is 25.4 Å². The van der Waals surface area contributed by atoms with E-state index in [0.29, 0.717) is 10.9 Å². The Morgan fingerprint density at radius 1 is 1.58 bits per heavy atom. The van der Waals surface area contributed by atoms with E-state index >= 15 is 0 Å². The molecule has 2 nitrogen and oxygen atoms in total. The highest BCUT2D eigenvalue weighted by Crippen LogP contribution is 2.40. The molecule has 5 heteroatoms. The maximum atomic E-state index is 12.5. The highest BCUT2D eigenvalue weighted by molar-refractivity contribution is 9.11. The highest BCUT2D eigenvalue weighted by Gasteiger charge is 2.48. The van der Waals surface area contributed by atoms with Gasteiger partial charge in [-0.1, -0.05) is 6.08 Å². The molecule has 0 spiro atoms. The van der Waals surface area contributed by atoms with Crippen LogP contribution in [0.5, 0.6) is 0 Å². The van der Waals surface area contributed by atoms with Crippen LogP contribution >= 0.6 is 15.9 Å². The van der Waals surface area contributed by atoms with Gasteiger partial charge in [-0.15, -0.1) is 8.78 Å². The minimum Gasteiger partial charge on any atom is -0.410 e. The number of hydrogen-bond donors (Lipinski definition) is 0. The number of halogens is 3. The molecule has 0 bridgehead atoms. The van der Waals surface area contributed by atoms with E-state index in [-0.39, 0.29) is 5.76 Å². The fraction of sp³-hybridized carbons (Fsp3) is 0.429. The molecule has 2 aliphatic rings. The van der Waals surface area contributed by atoms with E-state index in [0.717, 1.165) is 0 Å². The lowest BCUT2D eigenvalue weighted by atomic mass is 10.1. The van der Waals surface area contributed by atoms with E-state index in [1.54, 1.807) is 12.2 Å². The summed E-state index contributed by atoms with van der Waals surface area (Å²) in [5.41, 5.74) is 0. The molecule has 1 fully saturated rings. The second kappa shape index (κ2) is 2.53. The summed E-state index contributed by atoms with van der Waals surface area (Å²) >= 11 is 3.10. The standard InChI is InChI=1S/C7H5BrF2O2/c8-4-2-1-3-5-6(4)12-7(9,10)11-5/h1-2,5H,3H2. The van der Waals surface area contributed by atoms with Crippen molar-refractivity contribution in [2.75, 3.05) is 0 Å². The van der Waals surface area contributed by atoms with Crippen molar-refractivity contribution in [1.82, 2.24) is 0 Å². The zero-order valence-corrected chi connectivity index (χ0v) is 7.48. The Morgan fingerprint density at radius 2 is 2.33 bits per heavy atom. The number of fused-ring (bicyclic) bond motifs is 1. The van der Waals surface area contributed by atoms with E-state index in [4.69, 9.17) is 0 Å². The van der Waals surface area contributed by atoms with Gasteiger partial charge in [-0.2, -0.15) is 0 Å². The second-order valence-electron chi connectivity index (χ2n) is 2.52. The van der Waals surface area contributed by atoms with E-state index in [9.17, 15) is 8.78 Å². The lowest BCUT2D eigenvalue weighted by Gasteiger charge is -2.09. The second-order valence-corrected chi connectivity index (χ2v) is 3.38. The monoisotopic (exact) mass is 238 g/mol. The summed E-state index contributed by atoms with van der Waals surface area (Å²) in [4.78, 5) is 0. The molecule has 1 aliphatic carbocycles. The molecule has 1 heterocycles. The van der Waals surface area contributed by atoms with Crippen molar-refractivity contribution in [3.05, 3.63) is 22.4 Å². The fourth-order valence-corrected chi connectivity index (χ4v) is 1.70. The summed E-state index contributed by atoms with van der Waals surface area (Å²) in [6, 6.07) is 0. The van der Waals surface area contributed by atoms with Gasteiger partial charge in [-0.25, -0.2) is 0 Å². The fourth-order valence-electron chi connectivity index (χ4n) is 1.17. The van der Waals surface area contributed by atoms with Crippen molar-refractivity contribution in [2.24, 2.45) is 0 Å². The number of hydrogen-bond acceptors (Lipinski definition) is 2. The molecular formula is C7H5BrF2O2. The van der Waals surface area contributed by atoms with Gasteiger partial charge in [0.15, 0.2) is 0 Å². The third-order valence-corrected chi connectivity index (χ3v) is 2.31. The van der Waals surface area contributed by atoms with Crippen LogP contribution in [0.3, 0.4) is 0 Å². The predicted molar refractivity (Wildman–Crippen MR) is 40.6 cm³/mol. The Hall–Kier alpha value is -0.420. The molecule has 1 aliphatic heterocycles. The first-order chi connectivity index (χ1) is 5.58. The van der Waals surface area contributed by atoms with Crippen LogP contribution in [0.25, 0.3) is 0 Å². The topological polar surface area (TPSA) is 18.5 Å². The molecule has 0 radical (unpaired) electrons. The third kappa shape index (κ3) is 1.27. The van der Waals surface area contributed by atoms with Gasteiger partial charge in [-0.05, 0) is 28.4 Å². The number of ether oxygens (including phenoxy) is 2. The lowest BCUT2D eigenvalue weighted by Crippen LogP contribution is -2.17. The third-order valence-electron chi connectivity index (χ3n) is 1.65. The lowest BCUT2D eigenvalue weighted by molar-refractivity contribution is -0.341. The van der Waals surface area contributed by atoms with E-state index < -0.39 is 12.4 Å². The number of alkyl halides is 2. The summed E-state index contributed by atoms with van der Waals surface area (Å²) in [6.07, 6.45) is -0.246. The first-order valence-corrected chi connectivity index (χ1v) is 4.19. The molecule has 0 aromatic carbocycles. The first kappa shape index (κ1) is 8.19. The minimum absolute atomic E-state index is 0.183. The summed E-state index contributed by atoms with van der Waals surface area (Å²) in [7, 11) is 0. The quantitative estimate of drug-likeness (QED) is 0.646. The van der Waals surface area contributed by atoms with Crippen LogP contribution in [0.2, 0.25) is 0 Å². The highest BCUT2D eigenvalue weighted by atomic mass is 79.9. The number of rotatable bonds is 0. The van der Waals surface area contributed by atoms with Crippen LogP contribution in [0.4, 0.5) is 8.78 Å². The Labute approximate surface area is 76.0 Å². The summed E-state index contributed by atoms with van der Waals surface area (Å²) in [5, 5.41) is 0. The van der Waals surface area contributed by atoms with Crippen LogP contribution in [0.15, 0.2) is 22.4 Å². The van der Waals surface area contributed by atoms with Gasteiger partial charge in [-0.3, -0.25) is 4.74 Å². The van der Waals surface area contributed by atoms with Gasteiger partial charge >= 0.3 is 6.29 Å². The molecule has 12 heavy (non-hydrogen) atoms. The first-order valence-electron chi connectivity index (χ1n) is 3.39. The van der Waals surface area contributed by atoms with Gasteiger partial charge in [0.25, 0.3) is 0 Å². The SMILES string of the molecule is FC1(F)OC2=C(Br)C=CCC2O1. The molecule has 66 valence electrons. The van der Waals surface area contributed by atoms with Crippen molar-refractivity contribution in [3.8, 4) is 0 Å². The zero-order chi connectivity index (χ0) is 8.77. The average molecular weight is 239 g/mol. The summed E-state index contributed by atoms with van der Waals surface area (Å²) < 4.78 is 34.1. The Balaban J connectivity index is 2.31. The van der Waals surface area contributed by atoms with Crippen molar-refractivity contribution in [3.63, 3.8) is 0 Å². The minimum atomic E-state index is -3.47. The van der Waals surface area contributed by atoms with Gasteiger partial charge in [0, 0.05) is 0 Å².